The van der Waals surface area contributed by atoms with Gasteiger partial charge in [0.05, 0.1) is 6.54 Å². The molecule has 80 valence electrons. The molecule has 0 heterocycles. The molecule has 0 fully saturated rings. The van der Waals surface area contributed by atoms with Gasteiger partial charge in [0.15, 0.2) is 0 Å². The molecule has 0 aliphatic rings. The fourth-order valence-electron chi connectivity index (χ4n) is 0.842. The number of carbonyl (C=O) groups is 2. The van der Waals surface area contributed by atoms with Gasteiger partial charge in [0, 0.05) is 0 Å². The van der Waals surface area contributed by atoms with Crippen LogP contribution in [0.2, 0.25) is 0 Å². The normalized spacial score (nSPS) is 9.71. The maximum absolute atomic E-state index is 12.5. The molecule has 0 radical (unpaired) electrons. The van der Waals surface area contributed by atoms with Gasteiger partial charge in [-0.2, -0.15) is 0 Å². The number of hydrogen-bond donors (Lipinski definition) is 0. The van der Waals surface area contributed by atoms with Crippen LogP contribution in [0, 0.1) is 0 Å². The third kappa shape index (κ3) is 5.91. The number of rotatable bonds is 7. The van der Waals surface area contributed by atoms with Crippen LogP contribution in [0.25, 0.3) is 0 Å². The number of likely N-dealkylation sites (N-methyl/N-ethyl adjacent to an activating group) is 1. The Morgan fingerprint density at radius 1 is 1.50 bits per heavy atom. The van der Waals surface area contributed by atoms with Crippen LogP contribution in [0.4, 0.5) is 3.52 Å². The van der Waals surface area contributed by atoms with E-state index in [4.69, 9.17) is 0 Å². The molecule has 0 aromatic carbocycles. The second kappa shape index (κ2) is 7.74. The number of nitrogens with zero attached hydrogens (tertiary/aromatic N) is 1. The molecule has 0 amide bonds. The maximum Gasteiger partial charge on any atom is 1.15 e. The minimum atomic E-state index is -3.59. The van der Waals surface area contributed by atoms with E-state index in [-0.39, 0.29) is 13.0 Å². The van der Waals surface area contributed by atoms with E-state index in [1.165, 1.54) is 0 Å². The van der Waals surface area contributed by atoms with Gasteiger partial charge in [-0.05, 0) is 13.1 Å². The molecule has 14 heavy (non-hydrogen) atoms. The lowest BCUT2D eigenvalue weighted by Gasteiger charge is -2.16. The summed E-state index contributed by atoms with van der Waals surface area (Å²) in [5, 5.41) is 0. The zero-order valence-corrected chi connectivity index (χ0v) is 9.39. The van der Waals surface area contributed by atoms with E-state index in [2.05, 4.69) is 7.58 Å². The van der Waals surface area contributed by atoms with Crippen molar-refractivity contribution in [1.29, 1.82) is 0 Å². The molecule has 0 aliphatic heterocycles. The van der Waals surface area contributed by atoms with Gasteiger partial charge in [0.2, 0.25) is 0 Å². The average molecular weight is 221 g/mol. The molecule has 0 unspecified atom stereocenters. The van der Waals surface area contributed by atoms with Gasteiger partial charge in [-0.3, -0.25) is 14.5 Å². The Labute approximate surface area is 87.3 Å². The Bertz CT molecular complexity index is 189. The molecule has 0 saturated carbocycles. The third-order valence-corrected chi connectivity index (χ3v) is 2.41. The van der Waals surface area contributed by atoms with Crippen molar-refractivity contribution in [1.82, 2.24) is 4.90 Å². The van der Waals surface area contributed by atoms with Gasteiger partial charge in [-0.25, -0.2) is 0 Å². The van der Waals surface area contributed by atoms with Gasteiger partial charge in [0.1, 0.15) is 0 Å². The topological polar surface area (TPSA) is 55.8 Å². The molecule has 0 rings (SSSR count). The molecule has 0 saturated heterocycles. The summed E-state index contributed by atoms with van der Waals surface area (Å²) in [6.07, 6.45) is 0. The molecule has 0 atom stereocenters. The smallest absolute Gasteiger partial charge is 0.561 e. The highest BCUT2D eigenvalue weighted by molar-refractivity contribution is 6.40. The van der Waals surface area contributed by atoms with E-state index in [0.717, 1.165) is 0 Å². The van der Waals surface area contributed by atoms with Crippen molar-refractivity contribution in [2.24, 2.45) is 0 Å². The van der Waals surface area contributed by atoms with E-state index in [9.17, 15) is 13.1 Å². The summed E-state index contributed by atoms with van der Waals surface area (Å²) in [5.74, 6) is -0.699. The molecule has 0 bridgehead atoms. The molecule has 7 heteroatoms. The minimum Gasteiger partial charge on any atom is -0.561 e. The van der Waals surface area contributed by atoms with Gasteiger partial charge >= 0.3 is 15.3 Å². The lowest BCUT2D eigenvalue weighted by molar-refractivity contribution is -0.138. The van der Waals surface area contributed by atoms with Gasteiger partial charge in [-0.1, -0.05) is 13.8 Å². The van der Waals surface area contributed by atoms with Gasteiger partial charge in [0.25, 0.3) is 12.4 Å². The molecular weight excluding hydrogens is 208 g/mol. The summed E-state index contributed by atoms with van der Waals surface area (Å²) in [7, 11) is 0. The van der Waals surface area contributed by atoms with E-state index in [1.807, 2.05) is 13.8 Å². The Balaban J connectivity index is 3.78. The predicted octanol–water partition coefficient (Wildman–Crippen LogP) is -0.00120. The second-order valence-corrected chi connectivity index (χ2v) is 3.51. The van der Waals surface area contributed by atoms with Crippen LogP contribution in [0.5, 0.6) is 0 Å². The SMILES string of the molecule is CCN(CC)CC(=O)[O][Al]([F])[O]C=O. The first kappa shape index (κ1) is 13.4. The summed E-state index contributed by atoms with van der Waals surface area (Å²) in [6.45, 7) is 5.08. The average Bonchev–Trinajstić information content (AvgIpc) is 2.14. The fraction of sp³-hybridized carbons (Fsp3) is 0.714. The van der Waals surface area contributed by atoms with E-state index in [0.29, 0.717) is 13.1 Å². The highest BCUT2D eigenvalue weighted by atomic mass is 27.3. The van der Waals surface area contributed by atoms with Crippen LogP contribution < -0.4 is 0 Å². The van der Waals surface area contributed by atoms with Crippen LogP contribution in [-0.4, -0.2) is 52.3 Å². The maximum atomic E-state index is 12.5. The number of halogens is 1. The second-order valence-electron chi connectivity index (χ2n) is 2.46. The van der Waals surface area contributed by atoms with Crippen molar-refractivity contribution in [2.75, 3.05) is 19.6 Å². The van der Waals surface area contributed by atoms with Crippen molar-refractivity contribution < 1.29 is 20.7 Å². The van der Waals surface area contributed by atoms with E-state index < -0.39 is 21.2 Å². The summed E-state index contributed by atoms with van der Waals surface area (Å²) in [5.41, 5.74) is 0. The Kier molecular flexibility index (Phi) is 7.39. The van der Waals surface area contributed by atoms with Gasteiger partial charge < -0.3 is 11.1 Å². The van der Waals surface area contributed by atoms with Crippen molar-refractivity contribution in [3.05, 3.63) is 0 Å². The Morgan fingerprint density at radius 3 is 2.50 bits per heavy atom. The van der Waals surface area contributed by atoms with Crippen LogP contribution in [0.3, 0.4) is 0 Å². The summed E-state index contributed by atoms with van der Waals surface area (Å²) in [4.78, 5) is 22.5. The highest BCUT2D eigenvalue weighted by Gasteiger charge is 2.39. The van der Waals surface area contributed by atoms with Gasteiger partial charge in [-0.15, -0.1) is 0 Å². The molecule has 0 spiro atoms. The van der Waals surface area contributed by atoms with Crippen LogP contribution in [0.1, 0.15) is 13.8 Å². The largest absolute Gasteiger partial charge is 1.15 e. The highest BCUT2D eigenvalue weighted by Crippen LogP contribution is 1.93. The molecule has 0 aliphatic carbocycles. The van der Waals surface area contributed by atoms with Crippen molar-refractivity contribution in [3.63, 3.8) is 0 Å². The molecule has 0 aromatic heterocycles. The zero-order valence-electron chi connectivity index (χ0n) is 8.23. The van der Waals surface area contributed by atoms with E-state index in [1.54, 1.807) is 4.90 Å². The number of carbonyl (C=O) groups excluding carboxylic acids is 2. The minimum absolute atomic E-state index is 0.0165. The first-order valence-electron chi connectivity index (χ1n) is 4.29. The molecule has 5 nitrogen and oxygen atoms in total. The summed E-state index contributed by atoms with van der Waals surface area (Å²) in [6, 6.07) is 0. The standard InChI is InChI=1S/C6H13NO2.CH2O2.Al.FH/c1-3-7(4-2)5-6(8)9;2-1-3;;/h3-5H2,1-2H3,(H,8,9);1H,(H,2,3);;1H/q;;+3;/p-3. The quantitative estimate of drug-likeness (QED) is 0.447. The van der Waals surface area contributed by atoms with Crippen molar-refractivity contribution in [2.45, 2.75) is 13.8 Å². The Morgan fingerprint density at radius 2 is 2.07 bits per heavy atom. The monoisotopic (exact) mass is 221 g/mol. The fourth-order valence-corrected chi connectivity index (χ4v) is 1.27. The lowest BCUT2D eigenvalue weighted by Crippen LogP contribution is -2.33. The third-order valence-electron chi connectivity index (χ3n) is 1.63. The molecule has 0 N–H and O–H groups in total. The van der Waals surface area contributed by atoms with Crippen LogP contribution in [0.15, 0.2) is 0 Å². The van der Waals surface area contributed by atoms with Crippen molar-refractivity contribution >= 4 is 27.7 Å². The van der Waals surface area contributed by atoms with E-state index >= 15 is 0 Å². The zero-order chi connectivity index (χ0) is 11.0. The summed E-state index contributed by atoms with van der Waals surface area (Å²) >= 11 is -3.59. The lowest BCUT2D eigenvalue weighted by atomic mass is 10.5. The molecular formula is C7H13AlFNO4. The predicted molar refractivity (Wildman–Crippen MR) is 47.9 cm³/mol. The summed E-state index contributed by atoms with van der Waals surface area (Å²) < 4.78 is 20.7. The van der Waals surface area contributed by atoms with Crippen molar-refractivity contribution in [3.8, 4) is 0 Å². The number of hydrogen-bond acceptors (Lipinski definition) is 5. The van der Waals surface area contributed by atoms with Crippen LogP contribution in [-0.2, 0) is 17.2 Å². The van der Waals surface area contributed by atoms with Crippen LogP contribution >= 0.6 is 0 Å². The Hall–Kier alpha value is -0.638. The molecule has 0 aromatic rings. The first-order chi connectivity index (χ1) is 6.63. The first-order valence-corrected chi connectivity index (χ1v) is 5.66.